The van der Waals surface area contributed by atoms with Gasteiger partial charge in [-0.05, 0) is 31.4 Å². The first-order valence-corrected chi connectivity index (χ1v) is 8.33. The van der Waals surface area contributed by atoms with E-state index in [1.165, 1.54) is 0 Å². The summed E-state index contributed by atoms with van der Waals surface area (Å²) in [6.45, 7) is 2.81. The third-order valence-electron chi connectivity index (χ3n) is 3.73. The van der Waals surface area contributed by atoms with E-state index < -0.39 is 10.0 Å². The molecule has 0 amide bonds. The summed E-state index contributed by atoms with van der Waals surface area (Å²) in [5.74, 6) is 0.938. The Hall–Kier alpha value is -1.14. The zero-order valence-electron chi connectivity index (χ0n) is 10.9. The minimum absolute atomic E-state index is 0.103. The van der Waals surface area contributed by atoms with Crippen LogP contribution in [0, 0.1) is 0 Å². The first-order valence-electron chi connectivity index (χ1n) is 6.83. The summed E-state index contributed by atoms with van der Waals surface area (Å²) in [7, 11) is -3.03. The smallest absolute Gasteiger partial charge is 0.217 e. The maximum atomic E-state index is 12.2. The normalized spacial score (nSPS) is 22.2. The van der Waals surface area contributed by atoms with Crippen LogP contribution in [0.25, 0.3) is 0 Å². The molecule has 2 aliphatic rings. The van der Waals surface area contributed by atoms with Crippen LogP contribution in [0.1, 0.15) is 19.3 Å². The molecule has 0 unspecified atom stereocenters. The Morgan fingerprint density at radius 2 is 1.95 bits per heavy atom. The van der Waals surface area contributed by atoms with Crippen LogP contribution in [-0.2, 0) is 10.0 Å². The van der Waals surface area contributed by atoms with E-state index in [2.05, 4.69) is 9.88 Å². The number of nitrogens with zero attached hydrogens (tertiary/aromatic N) is 3. The molecule has 6 heteroatoms. The molecule has 1 saturated heterocycles. The van der Waals surface area contributed by atoms with E-state index in [9.17, 15) is 8.42 Å². The van der Waals surface area contributed by atoms with Crippen LogP contribution < -0.4 is 4.90 Å². The largest absolute Gasteiger partial charge is 0.355 e. The molecule has 1 saturated carbocycles. The highest BCUT2D eigenvalue weighted by Gasteiger charge is 2.40. The number of hydrogen-bond donors (Lipinski definition) is 0. The Kier molecular flexibility index (Phi) is 3.45. The van der Waals surface area contributed by atoms with E-state index in [-0.39, 0.29) is 5.25 Å². The highest BCUT2D eigenvalue weighted by molar-refractivity contribution is 7.90. The molecule has 0 radical (unpaired) electrons. The fourth-order valence-corrected chi connectivity index (χ4v) is 4.37. The van der Waals surface area contributed by atoms with Crippen molar-refractivity contribution in [1.29, 1.82) is 0 Å². The van der Waals surface area contributed by atoms with E-state index >= 15 is 0 Å². The fraction of sp³-hybridized carbons (Fsp3) is 0.615. The molecule has 104 valence electrons. The molecular formula is C13H19N3O2S. The molecule has 1 aliphatic heterocycles. The van der Waals surface area contributed by atoms with Gasteiger partial charge in [0.2, 0.25) is 10.0 Å². The first kappa shape index (κ1) is 12.9. The van der Waals surface area contributed by atoms with Gasteiger partial charge in [-0.3, -0.25) is 0 Å². The molecular weight excluding hydrogens is 262 g/mol. The van der Waals surface area contributed by atoms with Crippen LogP contribution in [-0.4, -0.2) is 49.1 Å². The molecule has 0 atom stereocenters. The van der Waals surface area contributed by atoms with Crippen molar-refractivity contribution >= 4 is 15.8 Å². The lowest BCUT2D eigenvalue weighted by Crippen LogP contribution is -2.37. The van der Waals surface area contributed by atoms with Crippen molar-refractivity contribution in [3.05, 3.63) is 24.4 Å². The second-order valence-electron chi connectivity index (χ2n) is 5.17. The Labute approximate surface area is 114 Å². The van der Waals surface area contributed by atoms with Gasteiger partial charge in [0.15, 0.2) is 0 Å². The van der Waals surface area contributed by atoms with E-state index in [1.807, 2.05) is 18.2 Å². The van der Waals surface area contributed by atoms with Gasteiger partial charge in [0, 0.05) is 32.4 Å². The van der Waals surface area contributed by atoms with Crippen LogP contribution in [0.2, 0.25) is 0 Å². The van der Waals surface area contributed by atoms with E-state index in [4.69, 9.17) is 0 Å². The van der Waals surface area contributed by atoms with Gasteiger partial charge in [0.05, 0.1) is 5.25 Å². The third-order valence-corrected chi connectivity index (χ3v) is 6.13. The monoisotopic (exact) mass is 281 g/mol. The maximum Gasteiger partial charge on any atom is 0.217 e. The number of pyridine rings is 1. The predicted octanol–water partition coefficient (Wildman–Crippen LogP) is 1.09. The molecule has 1 aromatic rings. The Bertz CT molecular complexity index is 528. The molecule has 1 aliphatic carbocycles. The highest BCUT2D eigenvalue weighted by atomic mass is 32.2. The average molecular weight is 281 g/mol. The second-order valence-corrected chi connectivity index (χ2v) is 7.38. The highest BCUT2D eigenvalue weighted by Crippen LogP contribution is 2.31. The zero-order valence-corrected chi connectivity index (χ0v) is 11.7. The van der Waals surface area contributed by atoms with Crippen molar-refractivity contribution in [1.82, 2.24) is 9.29 Å². The third kappa shape index (κ3) is 2.74. The molecule has 0 bridgehead atoms. The standard InChI is InChI=1S/C13H19N3O2S/c17-19(18,12-5-6-12)16-9-3-8-15(10-11-16)13-4-1-2-7-14-13/h1-2,4,7,12H,3,5-6,8-11H2. The Morgan fingerprint density at radius 3 is 2.63 bits per heavy atom. The van der Waals surface area contributed by atoms with Crippen molar-refractivity contribution in [2.45, 2.75) is 24.5 Å². The van der Waals surface area contributed by atoms with Crippen LogP contribution in [0.3, 0.4) is 0 Å². The van der Waals surface area contributed by atoms with Crippen LogP contribution in [0.5, 0.6) is 0 Å². The summed E-state index contributed by atoms with van der Waals surface area (Å²) in [5, 5.41) is -0.103. The summed E-state index contributed by atoms with van der Waals surface area (Å²) in [6, 6.07) is 5.84. The van der Waals surface area contributed by atoms with Gasteiger partial charge >= 0.3 is 0 Å². The number of sulfonamides is 1. The summed E-state index contributed by atoms with van der Waals surface area (Å²) in [5.41, 5.74) is 0. The number of aromatic nitrogens is 1. The first-order chi connectivity index (χ1) is 9.18. The average Bonchev–Trinajstić information content (AvgIpc) is 3.26. The number of hydrogen-bond acceptors (Lipinski definition) is 4. The molecule has 0 spiro atoms. The zero-order chi connectivity index (χ0) is 13.3. The van der Waals surface area contributed by atoms with Crippen molar-refractivity contribution in [2.24, 2.45) is 0 Å². The molecule has 19 heavy (non-hydrogen) atoms. The van der Waals surface area contributed by atoms with Crippen LogP contribution in [0.15, 0.2) is 24.4 Å². The SMILES string of the molecule is O=S(=O)(C1CC1)N1CCCN(c2ccccn2)CC1. The number of anilines is 1. The van der Waals surface area contributed by atoms with Gasteiger partial charge in [-0.15, -0.1) is 0 Å². The van der Waals surface area contributed by atoms with Crippen molar-refractivity contribution in [2.75, 3.05) is 31.1 Å². The summed E-state index contributed by atoms with van der Waals surface area (Å²) < 4.78 is 26.1. The molecule has 0 aromatic carbocycles. The van der Waals surface area contributed by atoms with Crippen molar-refractivity contribution in [3.63, 3.8) is 0 Å². The molecule has 2 fully saturated rings. The lowest BCUT2D eigenvalue weighted by molar-refractivity contribution is 0.432. The maximum absolute atomic E-state index is 12.2. The molecule has 5 nitrogen and oxygen atoms in total. The van der Waals surface area contributed by atoms with Gasteiger partial charge in [0.25, 0.3) is 0 Å². The lowest BCUT2D eigenvalue weighted by atomic mass is 10.3. The molecule has 3 rings (SSSR count). The van der Waals surface area contributed by atoms with Crippen molar-refractivity contribution in [3.8, 4) is 0 Å². The van der Waals surface area contributed by atoms with Crippen molar-refractivity contribution < 1.29 is 8.42 Å². The fourth-order valence-electron chi connectivity index (χ4n) is 2.49. The minimum Gasteiger partial charge on any atom is -0.355 e. The van der Waals surface area contributed by atoms with Gasteiger partial charge in [0.1, 0.15) is 5.82 Å². The summed E-state index contributed by atoms with van der Waals surface area (Å²) in [6.07, 6.45) is 4.31. The number of rotatable bonds is 3. The van der Waals surface area contributed by atoms with Gasteiger partial charge in [-0.2, -0.15) is 4.31 Å². The predicted molar refractivity (Wildman–Crippen MR) is 74.6 cm³/mol. The van der Waals surface area contributed by atoms with E-state index in [0.717, 1.165) is 38.2 Å². The van der Waals surface area contributed by atoms with Gasteiger partial charge in [-0.1, -0.05) is 6.07 Å². The van der Waals surface area contributed by atoms with E-state index in [1.54, 1.807) is 10.5 Å². The van der Waals surface area contributed by atoms with E-state index in [0.29, 0.717) is 13.1 Å². The van der Waals surface area contributed by atoms with Crippen LogP contribution in [0.4, 0.5) is 5.82 Å². The Morgan fingerprint density at radius 1 is 1.11 bits per heavy atom. The van der Waals surface area contributed by atoms with Crippen LogP contribution >= 0.6 is 0 Å². The summed E-state index contributed by atoms with van der Waals surface area (Å²) >= 11 is 0. The summed E-state index contributed by atoms with van der Waals surface area (Å²) in [4.78, 5) is 6.51. The Balaban J connectivity index is 1.69. The molecule has 1 aromatic heterocycles. The van der Waals surface area contributed by atoms with Gasteiger partial charge in [-0.25, -0.2) is 13.4 Å². The quantitative estimate of drug-likeness (QED) is 0.832. The molecule has 2 heterocycles. The van der Waals surface area contributed by atoms with Gasteiger partial charge < -0.3 is 4.90 Å². The lowest BCUT2D eigenvalue weighted by Gasteiger charge is -2.22. The minimum atomic E-state index is -3.03. The topological polar surface area (TPSA) is 53.5 Å². The molecule has 0 N–H and O–H groups in total. The second kappa shape index (κ2) is 5.09.